The van der Waals surface area contributed by atoms with Crippen LogP contribution in [0.25, 0.3) is 33.9 Å². The highest BCUT2D eigenvalue weighted by Gasteiger charge is 2.18. The van der Waals surface area contributed by atoms with Crippen LogP contribution in [0, 0.1) is 5.92 Å². The normalized spacial score (nSPS) is 14.6. The van der Waals surface area contributed by atoms with Crippen LogP contribution in [0.4, 0.5) is 0 Å². The van der Waals surface area contributed by atoms with E-state index in [1.807, 2.05) is 24.3 Å². The molecule has 5 rings (SSSR count). The predicted octanol–water partition coefficient (Wildman–Crippen LogP) is 3.03. The van der Waals surface area contributed by atoms with Crippen molar-refractivity contribution in [2.24, 2.45) is 11.7 Å². The number of aromatic nitrogens is 7. The summed E-state index contributed by atoms with van der Waals surface area (Å²) in [6.07, 6.45) is 7.80. The second kappa shape index (κ2) is 8.99. The lowest BCUT2D eigenvalue weighted by atomic mass is 9.89. The summed E-state index contributed by atoms with van der Waals surface area (Å²) in [7, 11) is 0. The molecule has 1 aliphatic rings. The zero-order chi connectivity index (χ0) is 20.5. The summed E-state index contributed by atoms with van der Waals surface area (Å²) >= 11 is 0. The van der Waals surface area contributed by atoms with Crippen molar-refractivity contribution in [1.29, 1.82) is 0 Å². The molecule has 4 aromatic rings. The molecule has 0 saturated heterocycles. The highest BCUT2D eigenvalue weighted by molar-refractivity contribution is 5.85. The van der Waals surface area contributed by atoms with Gasteiger partial charge in [-0.25, -0.2) is 19.7 Å². The number of rotatable bonds is 5. The maximum atomic E-state index is 12.5. The maximum absolute atomic E-state index is 12.5. The van der Waals surface area contributed by atoms with Gasteiger partial charge in [-0.15, -0.1) is 12.4 Å². The number of nitrogens with zero attached hydrogens (tertiary/aromatic N) is 5. The first-order chi connectivity index (χ1) is 14.7. The van der Waals surface area contributed by atoms with Gasteiger partial charge in [0.2, 0.25) is 0 Å². The van der Waals surface area contributed by atoms with E-state index in [1.165, 1.54) is 32.1 Å². The van der Waals surface area contributed by atoms with E-state index in [1.54, 1.807) is 10.8 Å². The quantitative estimate of drug-likeness (QED) is 0.437. The van der Waals surface area contributed by atoms with Crippen molar-refractivity contribution in [3.63, 3.8) is 0 Å². The van der Waals surface area contributed by atoms with Gasteiger partial charge in [0.05, 0.1) is 18.4 Å². The molecule has 1 fully saturated rings. The van der Waals surface area contributed by atoms with Crippen LogP contribution >= 0.6 is 12.4 Å². The van der Waals surface area contributed by atoms with E-state index in [0.717, 1.165) is 16.8 Å². The first-order valence-corrected chi connectivity index (χ1v) is 10.4. The molecule has 10 heteroatoms. The number of nitrogens with one attached hydrogen (secondary N) is 2. The first-order valence-electron chi connectivity index (χ1n) is 10.4. The predicted molar refractivity (Wildman–Crippen MR) is 121 cm³/mol. The molecule has 4 N–H and O–H groups in total. The Labute approximate surface area is 184 Å². The Kier molecular flexibility index (Phi) is 6.15. The molecule has 0 spiro atoms. The van der Waals surface area contributed by atoms with Crippen LogP contribution in [-0.4, -0.2) is 34.7 Å². The molecule has 0 radical (unpaired) electrons. The van der Waals surface area contributed by atoms with E-state index in [4.69, 9.17) is 10.7 Å². The number of halogens is 1. The Bertz CT molecular complexity index is 1220. The number of aromatic amines is 2. The summed E-state index contributed by atoms with van der Waals surface area (Å²) < 4.78 is 1.75. The lowest BCUT2D eigenvalue weighted by Gasteiger charge is -2.21. The minimum Gasteiger partial charge on any atom is -0.324 e. The lowest BCUT2D eigenvalue weighted by molar-refractivity contribution is 0.319. The van der Waals surface area contributed by atoms with Crippen molar-refractivity contribution in [3.8, 4) is 22.6 Å². The van der Waals surface area contributed by atoms with Crippen LogP contribution in [0.15, 0.2) is 35.3 Å². The summed E-state index contributed by atoms with van der Waals surface area (Å²) in [5, 5.41) is 7.00. The monoisotopic (exact) mass is 440 g/mol. The zero-order valence-electron chi connectivity index (χ0n) is 17.0. The second-order valence-corrected chi connectivity index (χ2v) is 7.86. The molecule has 0 bridgehead atoms. The van der Waals surface area contributed by atoms with Gasteiger partial charge in [0.1, 0.15) is 5.82 Å². The minimum absolute atomic E-state index is 0. The molecule has 0 aliphatic heterocycles. The molecule has 1 aromatic carbocycles. The molecule has 9 nitrogen and oxygen atoms in total. The van der Waals surface area contributed by atoms with Gasteiger partial charge in [-0.05, 0) is 18.8 Å². The van der Waals surface area contributed by atoms with Crippen LogP contribution in [-0.2, 0) is 13.1 Å². The van der Waals surface area contributed by atoms with E-state index in [0.29, 0.717) is 42.0 Å². The van der Waals surface area contributed by atoms with Gasteiger partial charge in [-0.1, -0.05) is 43.5 Å². The summed E-state index contributed by atoms with van der Waals surface area (Å²) in [4.78, 5) is 28.9. The molecular weight excluding hydrogens is 416 g/mol. The number of benzene rings is 1. The minimum atomic E-state index is -0.136. The fraction of sp³-hybridized carbons (Fsp3) is 0.381. The fourth-order valence-electron chi connectivity index (χ4n) is 4.16. The largest absolute Gasteiger partial charge is 0.328 e. The third-order valence-electron chi connectivity index (χ3n) is 5.81. The molecule has 0 amide bonds. The van der Waals surface area contributed by atoms with Gasteiger partial charge in [0.15, 0.2) is 17.1 Å². The number of hydrogen-bond acceptors (Lipinski definition) is 6. The number of imidazole rings is 1. The molecule has 31 heavy (non-hydrogen) atoms. The van der Waals surface area contributed by atoms with Crippen molar-refractivity contribution in [2.45, 2.75) is 45.2 Å². The van der Waals surface area contributed by atoms with Crippen LogP contribution in [0.3, 0.4) is 0 Å². The van der Waals surface area contributed by atoms with Crippen LogP contribution in [0.2, 0.25) is 0 Å². The van der Waals surface area contributed by atoms with E-state index >= 15 is 0 Å². The number of nitrogens with two attached hydrogens (primary N) is 1. The van der Waals surface area contributed by atoms with Gasteiger partial charge >= 0.3 is 5.69 Å². The van der Waals surface area contributed by atoms with E-state index in [-0.39, 0.29) is 18.1 Å². The zero-order valence-corrected chi connectivity index (χ0v) is 17.9. The van der Waals surface area contributed by atoms with Crippen molar-refractivity contribution in [2.75, 3.05) is 0 Å². The molecule has 162 valence electrons. The smallest absolute Gasteiger partial charge is 0.324 e. The Morgan fingerprint density at radius 2 is 1.81 bits per heavy atom. The first kappa shape index (κ1) is 21.2. The summed E-state index contributed by atoms with van der Waals surface area (Å²) in [6, 6.07) is 7.80. The fourth-order valence-corrected chi connectivity index (χ4v) is 4.16. The Morgan fingerprint density at radius 1 is 1.06 bits per heavy atom. The van der Waals surface area contributed by atoms with Crippen molar-refractivity contribution >= 4 is 23.7 Å². The van der Waals surface area contributed by atoms with Gasteiger partial charge in [0, 0.05) is 17.7 Å². The Balaban J connectivity index is 0.00000231. The highest BCUT2D eigenvalue weighted by Crippen LogP contribution is 2.26. The highest BCUT2D eigenvalue weighted by atomic mass is 35.5. The van der Waals surface area contributed by atoms with Crippen molar-refractivity contribution in [3.05, 3.63) is 46.8 Å². The molecule has 1 aliphatic carbocycles. The third kappa shape index (κ3) is 4.24. The summed E-state index contributed by atoms with van der Waals surface area (Å²) in [5.41, 5.74) is 9.13. The second-order valence-electron chi connectivity index (χ2n) is 7.86. The molecular formula is C21H25ClN8O. The van der Waals surface area contributed by atoms with Crippen molar-refractivity contribution in [1.82, 2.24) is 34.7 Å². The molecule has 3 heterocycles. The Morgan fingerprint density at radius 3 is 2.52 bits per heavy atom. The van der Waals surface area contributed by atoms with Gasteiger partial charge < -0.3 is 5.73 Å². The Hall–Kier alpha value is -3.04. The topological polar surface area (TPSA) is 131 Å². The number of fused-ring (bicyclic) bond motifs is 1. The van der Waals surface area contributed by atoms with Crippen molar-refractivity contribution < 1.29 is 0 Å². The lowest BCUT2D eigenvalue weighted by Crippen LogP contribution is -2.23. The molecule has 0 atom stereocenters. The van der Waals surface area contributed by atoms with Gasteiger partial charge in [0.25, 0.3) is 0 Å². The summed E-state index contributed by atoms with van der Waals surface area (Å²) in [5.74, 6) is 1.78. The van der Waals surface area contributed by atoms with Crippen LogP contribution < -0.4 is 11.4 Å². The summed E-state index contributed by atoms with van der Waals surface area (Å²) in [6.45, 7) is 1.02. The van der Waals surface area contributed by atoms with Gasteiger partial charge in [-0.2, -0.15) is 5.10 Å². The standard InChI is InChI=1S/C21H24N8O.ClH/c22-10-17-25-18(28-27-17)15-8-6-14(7-9-15)16-11-23-19-20(24-16)29(21(30)26-19)12-13-4-2-1-3-5-13;/h6-9,11,13H,1-5,10,12,22H2,(H,23,26,30)(H,25,27,28);1H. The average Bonchev–Trinajstić information content (AvgIpc) is 3.39. The SMILES string of the molecule is Cl.NCc1nc(-c2ccc(-c3cnc4[nH]c(=O)n(CC5CCCCC5)c4n3)cc2)n[nH]1. The molecule has 1 saturated carbocycles. The maximum Gasteiger partial charge on any atom is 0.328 e. The third-order valence-corrected chi connectivity index (χ3v) is 5.81. The van der Waals surface area contributed by atoms with Crippen LogP contribution in [0.5, 0.6) is 0 Å². The molecule has 3 aromatic heterocycles. The number of hydrogen-bond donors (Lipinski definition) is 3. The van der Waals surface area contributed by atoms with E-state index in [2.05, 4.69) is 25.1 Å². The molecule has 0 unspecified atom stereocenters. The van der Waals surface area contributed by atoms with Crippen LogP contribution in [0.1, 0.15) is 37.9 Å². The van der Waals surface area contributed by atoms with Gasteiger partial charge in [-0.3, -0.25) is 14.6 Å². The van der Waals surface area contributed by atoms with E-state index < -0.39 is 0 Å². The average molecular weight is 441 g/mol. The number of H-pyrrole nitrogens is 2. The van der Waals surface area contributed by atoms with E-state index in [9.17, 15) is 4.79 Å².